The van der Waals surface area contributed by atoms with E-state index in [2.05, 4.69) is 20.2 Å². The highest BCUT2D eigenvalue weighted by Gasteiger charge is 2.14. The first-order valence-electron chi connectivity index (χ1n) is 8.33. The highest BCUT2D eigenvalue weighted by atomic mass is 32.2. The van der Waals surface area contributed by atoms with Gasteiger partial charge in [0.05, 0.1) is 17.7 Å². The van der Waals surface area contributed by atoms with Crippen LogP contribution in [0.25, 0.3) is 10.2 Å². The van der Waals surface area contributed by atoms with Crippen LogP contribution >= 0.6 is 23.1 Å². The highest BCUT2D eigenvalue weighted by molar-refractivity contribution is 7.98. The first-order chi connectivity index (χ1) is 13.0. The number of thioether (sulfide) groups is 1. The van der Waals surface area contributed by atoms with Gasteiger partial charge in [-0.1, -0.05) is 42.1 Å². The standard InChI is InChI=1S/C18H17N5O2S2/c1-10-11(2)27-16-14(10)15(24)19-13(20-16)9-26-18-22-21-17(25)23(18)8-12-6-4-3-5-7-12/h3-7H,8-9H2,1-2H3,(H,21,25)(H,19,20,24). The number of hydrogen-bond acceptors (Lipinski definition) is 6. The molecule has 9 heteroatoms. The van der Waals surface area contributed by atoms with Crippen LogP contribution in [0, 0.1) is 13.8 Å². The van der Waals surface area contributed by atoms with Crippen LogP contribution in [-0.4, -0.2) is 24.7 Å². The van der Waals surface area contributed by atoms with Gasteiger partial charge in [0, 0.05) is 4.88 Å². The number of aromatic nitrogens is 5. The zero-order chi connectivity index (χ0) is 19.0. The van der Waals surface area contributed by atoms with Gasteiger partial charge in [-0.15, -0.1) is 16.4 Å². The lowest BCUT2D eigenvalue weighted by molar-refractivity contribution is 0.687. The molecule has 0 aliphatic carbocycles. The maximum atomic E-state index is 12.4. The van der Waals surface area contributed by atoms with Crippen LogP contribution in [0.3, 0.4) is 0 Å². The van der Waals surface area contributed by atoms with Crippen LogP contribution in [0.5, 0.6) is 0 Å². The molecule has 2 N–H and O–H groups in total. The fourth-order valence-electron chi connectivity index (χ4n) is 2.82. The molecule has 0 unspecified atom stereocenters. The van der Waals surface area contributed by atoms with Crippen molar-refractivity contribution in [1.82, 2.24) is 24.7 Å². The van der Waals surface area contributed by atoms with Gasteiger partial charge in [-0.3, -0.25) is 9.36 Å². The molecule has 0 atom stereocenters. The van der Waals surface area contributed by atoms with E-state index < -0.39 is 0 Å². The summed E-state index contributed by atoms with van der Waals surface area (Å²) >= 11 is 2.88. The largest absolute Gasteiger partial charge is 0.344 e. The number of aromatic amines is 2. The molecular weight excluding hydrogens is 382 g/mol. The van der Waals surface area contributed by atoms with E-state index in [9.17, 15) is 9.59 Å². The second kappa shape index (κ2) is 7.16. The third-order valence-corrected chi connectivity index (χ3v) is 6.42. The summed E-state index contributed by atoms with van der Waals surface area (Å²) in [5.41, 5.74) is 1.61. The number of fused-ring (bicyclic) bond motifs is 1. The monoisotopic (exact) mass is 399 g/mol. The van der Waals surface area contributed by atoms with E-state index >= 15 is 0 Å². The van der Waals surface area contributed by atoms with Crippen LogP contribution in [0.4, 0.5) is 0 Å². The molecule has 4 rings (SSSR count). The van der Waals surface area contributed by atoms with E-state index in [-0.39, 0.29) is 11.2 Å². The third-order valence-electron chi connectivity index (χ3n) is 4.33. The van der Waals surface area contributed by atoms with Crippen molar-refractivity contribution in [3.63, 3.8) is 0 Å². The lowest BCUT2D eigenvalue weighted by Gasteiger charge is -2.05. The third kappa shape index (κ3) is 3.47. The van der Waals surface area contributed by atoms with Gasteiger partial charge >= 0.3 is 5.69 Å². The SMILES string of the molecule is Cc1sc2nc(CSc3n[nH]c(=O)n3Cc3ccccc3)[nH]c(=O)c2c1C. The van der Waals surface area contributed by atoms with Gasteiger partial charge in [-0.2, -0.15) is 0 Å². The van der Waals surface area contributed by atoms with Crippen LogP contribution in [0.15, 0.2) is 45.1 Å². The second-order valence-corrected chi connectivity index (χ2v) is 8.29. The Morgan fingerprint density at radius 2 is 1.96 bits per heavy atom. The van der Waals surface area contributed by atoms with E-state index in [4.69, 9.17) is 0 Å². The Hall–Kier alpha value is -2.65. The molecule has 0 radical (unpaired) electrons. The van der Waals surface area contributed by atoms with Crippen molar-refractivity contribution in [2.24, 2.45) is 0 Å². The fraction of sp³-hybridized carbons (Fsp3) is 0.222. The minimum Gasteiger partial charge on any atom is -0.309 e. The van der Waals surface area contributed by atoms with E-state index in [1.165, 1.54) is 23.1 Å². The Labute approximate surface area is 162 Å². The molecule has 0 saturated heterocycles. The van der Waals surface area contributed by atoms with E-state index in [0.29, 0.717) is 28.7 Å². The number of benzene rings is 1. The second-order valence-electron chi connectivity index (χ2n) is 6.15. The molecule has 3 aromatic heterocycles. The van der Waals surface area contributed by atoms with E-state index in [1.807, 2.05) is 44.2 Å². The molecular formula is C18H17N5O2S2. The summed E-state index contributed by atoms with van der Waals surface area (Å²) in [7, 11) is 0. The number of nitrogens with zero attached hydrogens (tertiary/aromatic N) is 3. The van der Waals surface area contributed by atoms with Gasteiger partial charge in [-0.05, 0) is 25.0 Å². The minimum atomic E-state index is -0.261. The molecule has 1 aromatic carbocycles. The molecule has 0 aliphatic heterocycles. The zero-order valence-corrected chi connectivity index (χ0v) is 16.4. The number of rotatable bonds is 5. The summed E-state index contributed by atoms with van der Waals surface area (Å²) < 4.78 is 1.58. The van der Waals surface area contributed by atoms with Crippen molar-refractivity contribution in [3.05, 3.63) is 73.0 Å². The number of aryl methyl sites for hydroxylation is 2. The summed E-state index contributed by atoms with van der Waals surface area (Å²) in [5.74, 6) is 0.987. The maximum absolute atomic E-state index is 12.4. The van der Waals surface area contributed by atoms with Crippen molar-refractivity contribution in [2.45, 2.75) is 31.3 Å². The molecule has 3 heterocycles. The van der Waals surface area contributed by atoms with E-state index in [0.717, 1.165) is 20.8 Å². The van der Waals surface area contributed by atoms with Crippen LogP contribution < -0.4 is 11.2 Å². The predicted molar refractivity (Wildman–Crippen MR) is 108 cm³/mol. The molecule has 138 valence electrons. The minimum absolute atomic E-state index is 0.124. The van der Waals surface area contributed by atoms with Gasteiger partial charge < -0.3 is 4.98 Å². The van der Waals surface area contributed by atoms with E-state index in [1.54, 1.807) is 4.57 Å². The van der Waals surface area contributed by atoms with Crippen molar-refractivity contribution >= 4 is 33.3 Å². The van der Waals surface area contributed by atoms with Crippen LogP contribution in [0.2, 0.25) is 0 Å². The van der Waals surface area contributed by atoms with Crippen molar-refractivity contribution < 1.29 is 0 Å². The first-order valence-corrected chi connectivity index (χ1v) is 10.1. The normalized spacial score (nSPS) is 11.3. The van der Waals surface area contributed by atoms with Crippen molar-refractivity contribution in [3.8, 4) is 0 Å². The average Bonchev–Trinajstić information content (AvgIpc) is 3.14. The topological polar surface area (TPSA) is 96.4 Å². The quantitative estimate of drug-likeness (QED) is 0.503. The van der Waals surface area contributed by atoms with Crippen LogP contribution in [-0.2, 0) is 12.3 Å². The van der Waals surface area contributed by atoms with Gasteiger partial charge in [0.2, 0.25) is 0 Å². The molecule has 0 fully saturated rings. The number of nitrogens with one attached hydrogen (secondary N) is 2. The lowest BCUT2D eigenvalue weighted by Crippen LogP contribution is -2.18. The Balaban J connectivity index is 1.59. The summed E-state index contributed by atoms with van der Waals surface area (Å²) in [5, 5.41) is 7.81. The lowest BCUT2D eigenvalue weighted by atomic mass is 10.2. The van der Waals surface area contributed by atoms with Crippen LogP contribution in [0.1, 0.15) is 21.8 Å². The summed E-state index contributed by atoms with van der Waals surface area (Å²) in [6.45, 7) is 4.36. The zero-order valence-electron chi connectivity index (χ0n) is 14.8. The fourth-order valence-corrected chi connectivity index (χ4v) is 4.68. The smallest absolute Gasteiger partial charge is 0.309 e. The Morgan fingerprint density at radius 1 is 1.19 bits per heavy atom. The predicted octanol–water partition coefficient (Wildman–Crippen LogP) is 2.83. The van der Waals surface area contributed by atoms with Gasteiger partial charge in [0.1, 0.15) is 10.7 Å². The summed E-state index contributed by atoms with van der Waals surface area (Å²) in [4.78, 5) is 33.7. The molecule has 27 heavy (non-hydrogen) atoms. The molecule has 0 bridgehead atoms. The molecule has 0 spiro atoms. The molecule has 0 aliphatic rings. The van der Waals surface area contributed by atoms with Gasteiger partial charge in [-0.25, -0.2) is 14.9 Å². The average molecular weight is 400 g/mol. The van der Waals surface area contributed by atoms with Crippen molar-refractivity contribution in [2.75, 3.05) is 0 Å². The number of hydrogen-bond donors (Lipinski definition) is 2. The Kier molecular flexibility index (Phi) is 4.71. The maximum Gasteiger partial charge on any atom is 0.344 e. The van der Waals surface area contributed by atoms with Gasteiger partial charge in [0.15, 0.2) is 5.16 Å². The molecule has 4 aromatic rings. The Morgan fingerprint density at radius 3 is 2.74 bits per heavy atom. The number of H-pyrrole nitrogens is 2. The molecule has 7 nitrogen and oxygen atoms in total. The molecule has 0 amide bonds. The number of thiophene rings is 1. The summed E-state index contributed by atoms with van der Waals surface area (Å²) in [6.07, 6.45) is 0. The van der Waals surface area contributed by atoms with Gasteiger partial charge in [0.25, 0.3) is 5.56 Å². The summed E-state index contributed by atoms with van der Waals surface area (Å²) in [6, 6.07) is 9.72. The highest BCUT2D eigenvalue weighted by Crippen LogP contribution is 2.26. The van der Waals surface area contributed by atoms with Crippen molar-refractivity contribution in [1.29, 1.82) is 0 Å². The first kappa shape index (κ1) is 17.7. The Bertz CT molecular complexity index is 1220. The molecule has 0 saturated carbocycles.